The quantitative estimate of drug-likeness (QED) is 0.847. The summed E-state index contributed by atoms with van der Waals surface area (Å²) in [6.45, 7) is 0.583. The highest BCUT2D eigenvalue weighted by Gasteiger charge is 2.24. The number of benzene rings is 1. The molecule has 0 heterocycles. The molecule has 19 heavy (non-hydrogen) atoms. The largest absolute Gasteiger partial charge is 0.395 e. The third-order valence-electron chi connectivity index (χ3n) is 3.78. The van der Waals surface area contributed by atoms with E-state index in [2.05, 4.69) is 11.0 Å². The second-order valence-electron chi connectivity index (χ2n) is 4.98. The number of nitrogens with zero attached hydrogens (tertiary/aromatic N) is 2. The third kappa shape index (κ3) is 3.06. The number of hydrogen-bond acceptors (Lipinski definition) is 4. The van der Waals surface area contributed by atoms with Crippen molar-refractivity contribution in [3.63, 3.8) is 0 Å². The zero-order valence-electron chi connectivity index (χ0n) is 11.0. The van der Waals surface area contributed by atoms with Crippen LogP contribution in [0.15, 0.2) is 18.2 Å². The van der Waals surface area contributed by atoms with Gasteiger partial charge in [-0.15, -0.1) is 0 Å². The lowest BCUT2D eigenvalue weighted by atomic mass is 10.1. The minimum Gasteiger partial charge on any atom is -0.395 e. The van der Waals surface area contributed by atoms with Crippen LogP contribution in [0.5, 0.6) is 0 Å². The summed E-state index contributed by atoms with van der Waals surface area (Å²) in [5, 5.41) is 27.7. The maximum Gasteiger partial charge on any atom is 0.101 e. The molecule has 102 valence electrons. The molecule has 0 aliphatic heterocycles. The zero-order valence-corrected chi connectivity index (χ0v) is 11.0. The van der Waals surface area contributed by atoms with Crippen molar-refractivity contribution >= 4 is 5.69 Å². The highest BCUT2D eigenvalue weighted by Crippen LogP contribution is 2.30. The van der Waals surface area contributed by atoms with Gasteiger partial charge in [-0.1, -0.05) is 18.9 Å². The Morgan fingerprint density at radius 2 is 2.00 bits per heavy atom. The second-order valence-corrected chi connectivity index (χ2v) is 4.98. The number of nitriles is 1. The Morgan fingerprint density at radius 3 is 2.58 bits per heavy atom. The molecule has 2 N–H and O–H groups in total. The molecule has 0 aromatic heterocycles. The van der Waals surface area contributed by atoms with Crippen molar-refractivity contribution in [3.05, 3.63) is 29.3 Å². The minimum atomic E-state index is -0.0572. The summed E-state index contributed by atoms with van der Waals surface area (Å²) in [6, 6.07) is 8.07. The number of aliphatic hydroxyl groups excluding tert-OH is 2. The van der Waals surface area contributed by atoms with E-state index in [4.69, 9.17) is 5.11 Å². The van der Waals surface area contributed by atoms with Gasteiger partial charge in [0.05, 0.1) is 24.5 Å². The van der Waals surface area contributed by atoms with E-state index in [1.807, 2.05) is 12.1 Å². The van der Waals surface area contributed by atoms with Crippen LogP contribution in [0.2, 0.25) is 0 Å². The molecule has 1 aliphatic carbocycles. The molecule has 1 aromatic rings. The fourth-order valence-corrected chi connectivity index (χ4v) is 2.84. The van der Waals surface area contributed by atoms with Gasteiger partial charge in [-0.05, 0) is 30.5 Å². The van der Waals surface area contributed by atoms with Crippen molar-refractivity contribution in [1.82, 2.24) is 0 Å². The van der Waals surface area contributed by atoms with Gasteiger partial charge in [0.2, 0.25) is 0 Å². The van der Waals surface area contributed by atoms with Crippen molar-refractivity contribution in [2.24, 2.45) is 0 Å². The molecule has 1 fully saturated rings. The highest BCUT2D eigenvalue weighted by molar-refractivity contribution is 5.61. The van der Waals surface area contributed by atoms with Crippen LogP contribution in [0, 0.1) is 11.3 Å². The summed E-state index contributed by atoms with van der Waals surface area (Å²) in [5.41, 5.74) is 2.20. The zero-order chi connectivity index (χ0) is 13.7. The first-order valence-electron chi connectivity index (χ1n) is 6.81. The topological polar surface area (TPSA) is 67.5 Å². The van der Waals surface area contributed by atoms with E-state index in [9.17, 15) is 10.4 Å². The maximum absolute atomic E-state index is 9.28. The fourth-order valence-electron chi connectivity index (χ4n) is 2.84. The number of anilines is 1. The van der Waals surface area contributed by atoms with Gasteiger partial charge in [-0.25, -0.2) is 0 Å². The van der Waals surface area contributed by atoms with E-state index < -0.39 is 0 Å². The van der Waals surface area contributed by atoms with Crippen molar-refractivity contribution in [2.75, 3.05) is 18.1 Å². The van der Waals surface area contributed by atoms with Gasteiger partial charge in [0, 0.05) is 12.6 Å². The van der Waals surface area contributed by atoms with Crippen molar-refractivity contribution in [3.8, 4) is 6.07 Å². The molecule has 1 aliphatic rings. The predicted molar refractivity (Wildman–Crippen MR) is 73.8 cm³/mol. The summed E-state index contributed by atoms with van der Waals surface area (Å²) in [6.07, 6.45) is 4.66. The van der Waals surface area contributed by atoms with Crippen molar-refractivity contribution in [2.45, 2.75) is 38.3 Å². The molecular formula is C15H20N2O2. The molecule has 1 aromatic carbocycles. The molecule has 4 nitrogen and oxygen atoms in total. The Morgan fingerprint density at radius 1 is 1.26 bits per heavy atom. The molecule has 1 saturated carbocycles. The van der Waals surface area contributed by atoms with Gasteiger partial charge >= 0.3 is 0 Å². The normalized spacial score (nSPS) is 15.4. The van der Waals surface area contributed by atoms with E-state index in [1.54, 1.807) is 6.07 Å². The Labute approximate surface area is 113 Å². The van der Waals surface area contributed by atoms with Crippen LogP contribution < -0.4 is 4.90 Å². The van der Waals surface area contributed by atoms with E-state index in [-0.39, 0.29) is 13.2 Å². The molecule has 0 bridgehead atoms. The Kier molecular flexibility index (Phi) is 4.78. The predicted octanol–water partition coefficient (Wildman–Crippen LogP) is 1.79. The first kappa shape index (κ1) is 13.9. The van der Waals surface area contributed by atoms with Crippen LogP contribution in [0.25, 0.3) is 0 Å². The summed E-state index contributed by atoms with van der Waals surface area (Å²) in [5.74, 6) is 0. The summed E-state index contributed by atoms with van der Waals surface area (Å²) >= 11 is 0. The molecule has 0 radical (unpaired) electrons. The van der Waals surface area contributed by atoms with Crippen LogP contribution >= 0.6 is 0 Å². The molecule has 0 saturated heterocycles. The molecule has 0 amide bonds. The molecule has 0 unspecified atom stereocenters. The summed E-state index contributed by atoms with van der Waals surface area (Å²) in [4.78, 5) is 2.15. The molecular weight excluding hydrogens is 240 g/mol. The first-order valence-corrected chi connectivity index (χ1v) is 6.81. The van der Waals surface area contributed by atoms with Crippen LogP contribution in [-0.2, 0) is 6.61 Å². The molecule has 2 rings (SSSR count). The van der Waals surface area contributed by atoms with E-state index in [0.717, 1.165) is 24.1 Å². The van der Waals surface area contributed by atoms with Gasteiger partial charge in [-0.3, -0.25) is 0 Å². The van der Waals surface area contributed by atoms with Gasteiger partial charge in [0.25, 0.3) is 0 Å². The maximum atomic E-state index is 9.28. The van der Waals surface area contributed by atoms with Crippen LogP contribution in [0.3, 0.4) is 0 Å². The monoisotopic (exact) mass is 260 g/mol. The average molecular weight is 260 g/mol. The smallest absolute Gasteiger partial charge is 0.101 e. The van der Waals surface area contributed by atoms with E-state index in [1.165, 1.54) is 12.8 Å². The average Bonchev–Trinajstić information content (AvgIpc) is 2.98. The number of hydrogen-bond donors (Lipinski definition) is 2. The van der Waals surface area contributed by atoms with Gasteiger partial charge < -0.3 is 15.1 Å². The summed E-state index contributed by atoms with van der Waals surface area (Å²) < 4.78 is 0. The fraction of sp³-hybridized carbons (Fsp3) is 0.533. The van der Waals surface area contributed by atoms with E-state index >= 15 is 0 Å². The number of rotatable bonds is 5. The first-order chi connectivity index (χ1) is 9.30. The minimum absolute atomic E-state index is 0.0572. The lowest BCUT2D eigenvalue weighted by molar-refractivity contribution is 0.281. The Hall–Kier alpha value is -1.57. The van der Waals surface area contributed by atoms with Crippen LogP contribution in [0.1, 0.15) is 36.8 Å². The standard InChI is InChI=1S/C15H20N2O2/c16-10-13-9-12(11-19)5-6-15(13)17(7-8-18)14-3-1-2-4-14/h5-6,9,14,18-19H,1-4,7-8,11H2. The summed E-state index contributed by atoms with van der Waals surface area (Å²) in [7, 11) is 0. The lowest BCUT2D eigenvalue weighted by Crippen LogP contribution is -2.36. The van der Waals surface area contributed by atoms with E-state index in [0.29, 0.717) is 18.2 Å². The Bertz CT molecular complexity index is 462. The van der Waals surface area contributed by atoms with Crippen LogP contribution in [0.4, 0.5) is 5.69 Å². The van der Waals surface area contributed by atoms with Crippen molar-refractivity contribution in [1.29, 1.82) is 5.26 Å². The van der Waals surface area contributed by atoms with Crippen molar-refractivity contribution < 1.29 is 10.2 Å². The third-order valence-corrected chi connectivity index (χ3v) is 3.78. The molecule has 0 spiro atoms. The number of aliphatic hydroxyl groups is 2. The van der Waals surface area contributed by atoms with Crippen LogP contribution in [-0.4, -0.2) is 29.4 Å². The van der Waals surface area contributed by atoms with Gasteiger partial charge in [0.15, 0.2) is 0 Å². The highest BCUT2D eigenvalue weighted by atomic mass is 16.3. The molecule has 0 atom stereocenters. The Balaban J connectivity index is 2.32. The lowest BCUT2D eigenvalue weighted by Gasteiger charge is -2.31. The van der Waals surface area contributed by atoms with Gasteiger partial charge in [0.1, 0.15) is 6.07 Å². The molecule has 4 heteroatoms. The van der Waals surface area contributed by atoms with Gasteiger partial charge in [-0.2, -0.15) is 5.26 Å². The second kappa shape index (κ2) is 6.55. The SMILES string of the molecule is N#Cc1cc(CO)ccc1N(CCO)C1CCCC1.